The second kappa shape index (κ2) is 9.88. The van der Waals surface area contributed by atoms with E-state index in [0.29, 0.717) is 11.6 Å². The van der Waals surface area contributed by atoms with Crippen LogP contribution in [0.5, 0.6) is 0 Å². The first-order chi connectivity index (χ1) is 14.3. The number of hydrogen-bond acceptors (Lipinski definition) is 4. The Morgan fingerprint density at radius 1 is 0.931 bits per heavy atom. The maximum absolute atomic E-state index is 12.6. The minimum Gasteiger partial charge on any atom is -0.354 e. The normalized spacial score (nSPS) is 19.0. The standard InChI is InChI=1S/C24H32N4O/c29-24(26-22-10-6-1-2-7-11-22)21-12-13-23(25-18-21)28-16-14-27(15-17-28)19-20-8-4-3-5-9-20/h3-5,8-9,12-13,18,22H,1-2,6-7,10-11,14-17,19H2,(H,26,29). The highest BCUT2D eigenvalue weighted by molar-refractivity contribution is 5.94. The first-order valence-electron chi connectivity index (χ1n) is 11.1. The fourth-order valence-electron chi connectivity index (χ4n) is 4.38. The van der Waals surface area contributed by atoms with Crippen molar-refractivity contribution < 1.29 is 4.79 Å². The van der Waals surface area contributed by atoms with Crippen LogP contribution in [-0.4, -0.2) is 48.0 Å². The number of carbonyl (C=O) groups excluding carboxylic acids is 1. The molecule has 154 valence electrons. The maximum Gasteiger partial charge on any atom is 0.253 e. The molecule has 5 nitrogen and oxygen atoms in total. The van der Waals surface area contributed by atoms with E-state index in [1.165, 1.54) is 31.2 Å². The monoisotopic (exact) mass is 392 g/mol. The average molecular weight is 393 g/mol. The van der Waals surface area contributed by atoms with Gasteiger partial charge in [0.1, 0.15) is 5.82 Å². The van der Waals surface area contributed by atoms with Gasteiger partial charge in [0.2, 0.25) is 0 Å². The van der Waals surface area contributed by atoms with Gasteiger partial charge < -0.3 is 10.2 Å². The number of rotatable bonds is 5. The molecule has 1 N–H and O–H groups in total. The van der Waals surface area contributed by atoms with E-state index >= 15 is 0 Å². The number of benzene rings is 1. The van der Waals surface area contributed by atoms with E-state index in [4.69, 9.17) is 0 Å². The Bertz CT molecular complexity index is 761. The third-order valence-electron chi connectivity index (χ3n) is 6.15. The molecule has 0 bridgehead atoms. The molecule has 2 aromatic rings. The van der Waals surface area contributed by atoms with Crippen molar-refractivity contribution in [2.45, 2.75) is 51.1 Å². The van der Waals surface area contributed by atoms with Crippen molar-refractivity contribution in [1.29, 1.82) is 0 Å². The van der Waals surface area contributed by atoms with Crippen LogP contribution in [-0.2, 0) is 6.54 Å². The van der Waals surface area contributed by atoms with Crippen LogP contribution in [0.3, 0.4) is 0 Å². The molecule has 2 aliphatic rings. The molecular formula is C24H32N4O. The lowest BCUT2D eigenvalue weighted by Gasteiger charge is -2.35. The Kier molecular flexibility index (Phi) is 6.78. The molecule has 0 spiro atoms. The van der Waals surface area contributed by atoms with E-state index in [0.717, 1.165) is 51.4 Å². The molecule has 1 amide bonds. The van der Waals surface area contributed by atoms with Gasteiger partial charge in [-0.3, -0.25) is 9.69 Å². The molecule has 0 atom stereocenters. The minimum atomic E-state index is 0.0173. The zero-order valence-electron chi connectivity index (χ0n) is 17.2. The van der Waals surface area contributed by atoms with Crippen molar-refractivity contribution >= 4 is 11.7 Å². The van der Waals surface area contributed by atoms with Gasteiger partial charge >= 0.3 is 0 Å². The number of nitrogens with one attached hydrogen (secondary N) is 1. The lowest BCUT2D eigenvalue weighted by Crippen LogP contribution is -2.46. The van der Waals surface area contributed by atoms with Crippen LogP contribution in [0.1, 0.15) is 54.4 Å². The van der Waals surface area contributed by atoms with Gasteiger partial charge in [-0.05, 0) is 30.5 Å². The fourth-order valence-corrected chi connectivity index (χ4v) is 4.38. The van der Waals surface area contributed by atoms with E-state index < -0.39 is 0 Å². The van der Waals surface area contributed by atoms with Crippen molar-refractivity contribution in [3.8, 4) is 0 Å². The summed E-state index contributed by atoms with van der Waals surface area (Å²) >= 11 is 0. The smallest absolute Gasteiger partial charge is 0.253 e. The first-order valence-corrected chi connectivity index (χ1v) is 11.1. The molecule has 2 fully saturated rings. The second-order valence-corrected chi connectivity index (χ2v) is 8.32. The first kappa shape index (κ1) is 19.9. The van der Waals surface area contributed by atoms with Crippen LogP contribution < -0.4 is 10.2 Å². The van der Waals surface area contributed by atoms with Gasteiger partial charge in [0.05, 0.1) is 5.56 Å². The van der Waals surface area contributed by atoms with E-state index in [-0.39, 0.29) is 5.91 Å². The molecular weight excluding hydrogens is 360 g/mol. The van der Waals surface area contributed by atoms with E-state index in [1.807, 2.05) is 12.1 Å². The van der Waals surface area contributed by atoms with E-state index in [1.54, 1.807) is 6.20 Å². The highest BCUT2D eigenvalue weighted by Crippen LogP contribution is 2.19. The van der Waals surface area contributed by atoms with E-state index in [9.17, 15) is 4.79 Å². The molecule has 5 heteroatoms. The van der Waals surface area contributed by atoms with Crippen LogP contribution in [0.15, 0.2) is 48.7 Å². The van der Waals surface area contributed by atoms with Crippen molar-refractivity contribution in [3.63, 3.8) is 0 Å². The third kappa shape index (κ3) is 5.57. The molecule has 29 heavy (non-hydrogen) atoms. The highest BCUT2D eigenvalue weighted by atomic mass is 16.1. The van der Waals surface area contributed by atoms with Crippen LogP contribution in [0.4, 0.5) is 5.82 Å². The largest absolute Gasteiger partial charge is 0.354 e. The zero-order valence-corrected chi connectivity index (χ0v) is 17.2. The van der Waals surface area contributed by atoms with Crippen LogP contribution in [0.2, 0.25) is 0 Å². The molecule has 0 unspecified atom stereocenters. The van der Waals surface area contributed by atoms with Gasteiger partial charge in [-0.15, -0.1) is 0 Å². The molecule has 1 saturated carbocycles. The lowest BCUT2D eigenvalue weighted by atomic mass is 10.1. The quantitative estimate of drug-likeness (QED) is 0.785. The van der Waals surface area contributed by atoms with Gasteiger partial charge in [-0.2, -0.15) is 0 Å². The summed E-state index contributed by atoms with van der Waals surface area (Å²) in [6.45, 7) is 4.99. The molecule has 1 aromatic carbocycles. The summed E-state index contributed by atoms with van der Waals surface area (Å²) in [5.41, 5.74) is 2.03. The number of hydrogen-bond donors (Lipinski definition) is 1. The summed E-state index contributed by atoms with van der Waals surface area (Å²) in [7, 11) is 0. The number of pyridine rings is 1. The van der Waals surface area contributed by atoms with Gasteiger partial charge in [0.25, 0.3) is 5.91 Å². The van der Waals surface area contributed by atoms with Crippen LogP contribution in [0.25, 0.3) is 0 Å². The summed E-state index contributed by atoms with van der Waals surface area (Å²) in [5.74, 6) is 0.985. The number of piperazine rings is 1. The Morgan fingerprint density at radius 3 is 2.31 bits per heavy atom. The maximum atomic E-state index is 12.6. The number of nitrogens with zero attached hydrogens (tertiary/aromatic N) is 3. The van der Waals surface area contributed by atoms with Crippen LogP contribution >= 0.6 is 0 Å². The highest BCUT2D eigenvalue weighted by Gasteiger charge is 2.19. The topological polar surface area (TPSA) is 48.5 Å². The van der Waals surface area contributed by atoms with Gasteiger partial charge in [-0.1, -0.05) is 56.0 Å². The fraction of sp³-hybridized carbons (Fsp3) is 0.500. The summed E-state index contributed by atoms with van der Waals surface area (Å²) in [4.78, 5) is 21.9. The Morgan fingerprint density at radius 2 is 1.66 bits per heavy atom. The van der Waals surface area contributed by atoms with Crippen molar-refractivity contribution in [2.24, 2.45) is 0 Å². The molecule has 1 aliphatic carbocycles. The summed E-state index contributed by atoms with van der Waals surface area (Å²) < 4.78 is 0. The molecule has 2 heterocycles. The van der Waals surface area contributed by atoms with Crippen molar-refractivity contribution in [1.82, 2.24) is 15.2 Å². The van der Waals surface area contributed by atoms with Gasteiger partial charge in [0.15, 0.2) is 0 Å². The minimum absolute atomic E-state index is 0.0173. The summed E-state index contributed by atoms with van der Waals surface area (Å²) in [6.07, 6.45) is 8.96. The number of carbonyl (C=O) groups is 1. The third-order valence-corrected chi connectivity index (χ3v) is 6.15. The Labute approximate surface area is 174 Å². The van der Waals surface area contributed by atoms with Crippen molar-refractivity contribution in [3.05, 3.63) is 59.8 Å². The molecule has 1 aromatic heterocycles. The predicted molar refractivity (Wildman–Crippen MR) is 117 cm³/mol. The Balaban J connectivity index is 1.27. The number of aromatic nitrogens is 1. The number of anilines is 1. The predicted octanol–water partition coefficient (Wildman–Crippen LogP) is 3.86. The summed E-state index contributed by atoms with van der Waals surface area (Å²) in [6, 6.07) is 14.9. The lowest BCUT2D eigenvalue weighted by molar-refractivity contribution is 0.0933. The SMILES string of the molecule is O=C(NC1CCCCCC1)c1ccc(N2CCN(Cc3ccccc3)CC2)nc1. The zero-order chi connectivity index (χ0) is 19.9. The summed E-state index contributed by atoms with van der Waals surface area (Å²) in [5, 5.41) is 3.20. The Hall–Kier alpha value is -2.40. The second-order valence-electron chi connectivity index (χ2n) is 8.32. The molecule has 4 rings (SSSR count). The van der Waals surface area contributed by atoms with E-state index in [2.05, 4.69) is 50.4 Å². The number of amides is 1. The van der Waals surface area contributed by atoms with Gasteiger partial charge in [-0.25, -0.2) is 4.98 Å². The molecule has 1 saturated heterocycles. The molecule has 1 aliphatic heterocycles. The average Bonchev–Trinajstić information content (AvgIpc) is 3.04. The molecule has 0 radical (unpaired) electrons. The van der Waals surface area contributed by atoms with Gasteiger partial charge in [0, 0.05) is 45.0 Å². The van der Waals surface area contributed by atoms with Crippen molar-refractivity contribution in [2.75, 3.05) is 31.1 Å². The van der Waals surface area contributed by atoms with Crippen LogP contribution in [0, 0.1) is 0 Å².